The van der Waals surface area contributed by atoms with Crippen molar-refractivity contribution in [2.45, 2.75) is 50.3 Å². The summed E-state index contributed by atoms with van der Waals surface area (Å²) >= 11 is 0. The third-order valence-corrected chi connectivity index (χ3v) is 3.72. The highest BCUT2D eigenvalue weighted by Gasteiger charge is 2.25. The molecule has 1 fully saturated rings. The highest BCUT2D eigenvalue weighted by Crippen LogP contribution is 2.19. The maximum atomic E-state index is 9.94. The van der Waals surface area contributed by atoms with Gasteiger partial charge in [0.15, 0.2) is 0 Å². The summed E-state index contributed by atoms with van der Waals surface area (Å²) in [6.45, 7) is 0.109. The van der Waals surface area contributed by atoms with Gasteiger partial charge < -0.3 is 15.5 Å². The van der Waals surface area contributed by atoms with Gasteiger partial charge in [0.05, 0.1) is 12.7 Å². The van der Waals surface area contributed by atoms with Crippen molar-refractivity contribution < 1.29 is 10.2 Å². The van der Waals surface area contributed by atoms with Gasteiger partial charge in [-0.2, -0.15) is 0 Å². The van der Waals surface area contributed by atoms with Crippen LogP contribution in [0.5, 0.6) is 0 Å². The summed E-state index contributed by atoms with van der Waals surface area (Å²) in [5.74, 6) is 0. The van der Waals surface area contributed by atoms with Gasteiger partial charge in [-0.25, -0.2) is 0 Å². The molecular weight excluding hydrogens is 226 g/mol. The Hall–Kier alpha value is -0.900. The van der Waals surface area contributed by atoms with Gasteiger partial charge in [-0.15, -0.1) is 0 Å². The van der Waals surface area contributed by atoms with E-state index in [4.69, 9.17) is 0 Å². The number of hydrogen-bond acceptors (Lipinski definition) is 3. The van der Waals surface area contributed by atoms with E-state index >= 15 is 0 Å². The molecule has 100 valence electrons. The lowest BCUT2D eigenvalue weighted by molar-refractivity contribution is 0.0784. The fourth-order valence-corrected chi connectivity index (χ4v) is 2.68. The van der Waals surface area contributed by atoms with Crippen molar-refractivity contribution in [3.63, 3.8) is 0 Å². The Labute approximate surface area is 109 Å². The molecule has 1 saturated carbocycles. The Morgan fingerprint density at radius 1 is 1.17 bits per heavy atom. The lowest BCUT2D eigenvalue weighted by Crippen LogP contribution is -2.49. The number of nitrogens with one attached hydrogen (secondary N) is 1. The maximum absolute atomic E-state index is 9.94. The fourth-order valence-electron chi connectivity index (χ4n) is 2.68. The molecule has 0 bridgehead atoms. The van der Waals surface area contributed by atoms with Crippen molar-refractivity contribution in [2.24, 2.45) is 0 Å². The summed E-state index contributed by atoms with van der Waals surface area (Å²) in [4.78, 5) is 0. The third-order valence-electron chi connectivity index (χ3n) is 3.72. The van der Waals surface area contributed by atoms with Crippen molar-refractivity contribution >= 4 is 0 Å². The molecular formula is C15H23NO2. The summed E-state index contributed by atoms with van der Waals surface area (Å²) < 4.78 is 0. The number of aliphatic hydroxyl groups is 2. The smallest absolute Gasteiger partial charge is 0.0693 e. The average Bonchev–Trinajstić information content (AvgIpc) is 2.41. The van der Waals surface area contributed by atoms with Crippen molar-refractivity contribution in [2.75, 3.05) is 6.61 Å². The van der Waals surface area contributed by atoms with Crippen LogP contribution in [0.15, 0.2) is 30.3 Å². The molecule has 0 saturated heterocycles. The fraction of sp³-hybridized carbons (Fsp3) is 0.600. The van der Waals surface area contributed by atoms with Gasteiger partial charge in [0.25, 0.3) is 0 Å². The molecule has 0 radical (unpaired) electrons. The molecule has 0 spiro atoms. The minimum atomic E-state index is -0.261. The lowest BCUT2D eigenvalue weighted by atomic mass is 9.91. The summed E-state index contributed by atoms with van der Waals surface area (Å²) in [7, 11) is 0. The SMILES string of the molecule is OCC(Cc1ccccc1)N[C@H]1CCCC[C@@H]1O. The van der Waals surface area contributed by atoms with Crippen molar-refractivity contribution in [1.29, 1.82) is 0 Å². The summed E-state index contributed by atoms with van der Waals surface area (Å²) in [6, 6.07) is 10.3. The zero-order valence-electron chi connectivity index (χ0n) is 10.8. The van der Waals surface area contributed by atoms with Gasteiger partial charge in [0.2, 0.25) is 0 Å². The first kappa shape index (κ1) is 13.5. The minimum Gasteiger partial charge on any atom is -0.395 e. The molecule has 2 rings (SSSR count). The zero-order valence-corrected chi connectivity index (χ0v) is 10.8. The van der Waals surface area contributed by atoms with Crippen LogP contribution in [0.3, 0.4) is 0 Å². The predicted octanol–water partition coefficient (Wildman–Crippen LogP) is 1.48. The minimum absolute atomic E-state index is 0.0325. The summed E-state index contributed by atoms with van der Waals surface area (Å²) in [5.41, 5.74) is 1.22. The monoisotopic (exact) mass is 249 g/mol. The highest BCUT2D eigenvalue weighted by atomic mass is 16.3. The molecule has 3 N–H and O–H groups in total. The quantitative estimate of drug-likeness (QED) is 0.741. The second-order valence-corrected chi connectivity index (χ2v) is 5.19. The first-order valence-electron chi connectivity index (χ1n) is 6.88. The molecule has 1 aromatic rings. The molecule has 18 heavy (non-hydrogen) atoms. The molecule has 3 atom stereocenters. The van der Waals surface area contributed by atoms with Crippen LogP contribution in [-0.4, -0.2) is 35.0 Å². The third kappa shape index (κ3) is 3.80. The Kier molecular flexibility index (Phi) is 5.17. The molecule has 0 aliphatic heterocycles. The van der Waals surface area contributed by atoms with E-state index in [1.165, 1.54) is 5.56 Å². The summed E-state index contributed by atoms with van der Waals surface area (Å²) in [6.07, 6.45) is 4.71. The molecule has 1 aliphatic rings. The number of aliphatic hydroxyl groups excluding tert-OH is 2. The van der Waals surface area contributed by atoms with E-state index < -0.39 is 0 Å². The van der Waals surface area contributed by atoms with Crippen LogP contribution in [0, 0.1) is 0 Å². The average molecular weight is 249 g/mol. The number of rotatable bonds is 5. The maximum Gasteiger partial charge on any atom is 0.0693 e. The Morgan fingerprint density at radius 2 is 1.89 bits per heavy atom. The van der Waals surface area contributed by atoms with Gasteiger partial charge in [-0.3, -0.25) is 0 Å². The largest absolute Gasteiger partial charge is 0.395 e. The molecule has 0 heterocycles. The predicted molar refractivity (Wildman–Crippen MR) is 72.4 cm³/mol. The van der Waals surface area contributed by atoms with Crippen LogP contribution < -0.4 is 5.32 Å². The van der Waals surface area contributed by atoms with Gasteiger partial charge in [-0.05, 0) is 24.8 Å². The molecule has 0 amide bonds. The van der Waals surface area contributed by atoms with Crippen molar-refractivity contribution in [3.05, 3.63) is 35.9 Å². The van der Waals surface area contributed by atoms with Gasteiger partial charge in [0, 0.05) is 12.1 Å². The standard InChI is InChI=1S/C15H23NO2/c17-11-13(10-12-6-2-1-3-7-12)16-14-8-4-5-9-15(14)18/h1-3,6-7,13-18H,4-5,8-11H2/t13?,14-,15-/m0/s1. The van der Waals surface area contributed by atoms with Crippen LogP contribution in [0.1, 0.15) is 31.2 Å². The molecule has 0 aromatic heterocycles. The van der Waals surface area contributed by atoms with Crippen LogP contribution in [0.4, 0.5) is 0 Å². The van der Waals surface area contributed by atoms with Gasteiger partial charge >= 0.3 is 0 Å². The Bertz CT molecular complexity index is 342. The van der Waals surface area contributed by atoms with E-state index in [1.807, 2.05) is 18.2 Å². The van der Waals surface area contributed by atoms with E-state index in [0.717, 1.165) is 32.1 Å². The number of hydrogen-bond donors (Lipinski definition) is 3. The second-order valence-electron chi connectivity index (χ2n) is 5.19. The number of benzene rings is 1. The van der Waals surface area contributed by atoms with Crippen LogP contribution >= 0.6 is 0 Å². The first-order valence-corrected chi connectivity index (χ1v) is 6.88. The van der Waals surface area contributed by atoms with Gasteiger partial charge in [0.1, 0.15) is 0 Å². The summed E-state index contributed by atoms with van der Waals surface area (Å²) in [5, 5.41) is 22.8. The first-order chi connectivity index (χ1) is 8.79. The van der Waals surface area contributed by atoms with Gasteiger partial charge in [-0.1, -0.05) is 43.2 Å². The highest BCUT2D eigenvalue weighted by molar-refractivity contribution is 5.16. The van der Waals surface area contributed by atoms with E-state index in [2.05, 4.69) is 17.4 Å². The Morgan fingerprint density at radius 3 is 2.56 bits per heavy atom. The topological polar surface area (TPSA) is 52.5 Å². The zero-order chi connectivity index (χ0) is 12.8. The van der Waals surface area contributed by atoms with Crippen LogP contribution in [0.2, 0.25) is 0 Å². The van der Waals surface area contributed by atoms with E-state index in [1.54, 1.807) is 0 Å². The van der Waals surface area contributed by atoms with Crippen molar-refractivity contribution in [3.8, 4) is 0 Å². The molecule has 1 aliphatic carbocycles. The lowest BCUT2D eigenvalue weighted by Gasteiger charge is -2.31. The van der Waals surface area contributed by atoms with Crippen LogP contribution in [0.25, 0.3) is 0 Å². The normalized spacial score (nSPS) is 25.9. The molecule has 1 aromatic carbocycles. The van der Waals surface area contributed by atoms with Crippen LogP contribution in [-0.2, 0) is 6.42 Å². The molecule has 3 nitrogen and oxygen atoms in total. The van der Waals surface area contributed by atoms with E-state index in [-0.39, 0.29) is 24.8 Å². The van der Waals surface area contributed by atoms with E-state index in [9.17, 15) is 10.2 Å². The van der Waals surface area contributed by atoms with Crippen molar-refractivity contribution in [1.82, 2.24) is 5.32 Å². The Balaban J connectivity index is 1.88. The van der Waals surface area contributed by atoms with E-state index in [0.29, 0.717) is 0 Å². The molecule has 3 heteroatoms. The second kappa shape index (κ2) is 6.88. The molecule has 1 unspecified atom stereocenters.